The fourth-order valence-corrected chi connectivity index (χ4v) is 3.74. The molecule has 1 aromatic heterocycles. The van der Waals surface area contributed by atoms with Crippen molar-refractivity contribution in [2.45, 2.75) is 12.6 Å². The van der Waals surface area contributed by atoms with E-state index in [1.54, 1.807) is 0 Å². The minimum atomic E-state index is 0.0672. The molecule has 0 amide bonds. The second-order valence-electron chi connectivity index (χ2n) is 6.27. The first-order valence-electron chi connectivity index (χ1n) is 8.42. The van der Waals surface area contributed by atoms with Gasteiger partial charge in [0, 0.05) is 41.5 Å². The number of aliphatic imine (C=N–C) groups is 1. The fourth-order valence-electron chi connectivity index (χ4n) is 3.74. The Kier molecular flexibility index (Phi) is 3.01. The van der Waals surface area contributed by atoms with Gasteiger partial charge in [0.05, 0.1) is 5.52 Å². The molecule has 3 heterocycles. The van der Waals surface area contributed by atoms with Crippen molar-refractivity contribution >= 4 is 22.4 Å². The van der Waals surface area contributed by atoms with Gasteiger partial charge in [-0.25, -0.2) is 0 Å². The standard InChI is InChI=1S/C20H18N4/c1-2-10-17-15(8-1)19-22-12-5-13-24(19)20(23-17)16-9-3-6-14-7-4-11-21-18(14)16/h1-4,6-11,20,23H,5,12-13H2/t20-/m0/s1. The number of nitrogens with one attached hydrogen (secondary N) is 1. The zero-order chi connectivity index (χ0) is 15.9. The van der Waals surface area contributed by atoms with Crippen LogP contribution in [0.25, 0.3) is 10.9 Å². The lowest BCUT2D eigenvalue weighted by Crippen LogP contribution is -2.46. The first-order valence-corrected chi connectivity index (χ1v) is 8.42. The molecule has 0 spiro atoms. The minimum Gasteiger partial charge on any atom is -0.361 e. The first kappa shape index (κ1) is 13.5. The highest BCUT2D eigenvalue weighted by Gasteiger charge is 2.33. The van der Waals surface area contributed by atoms with Crippen molar-refractivity contribution in [2.75, 3.05) is 18.4 Å². The highest BCUT2D eigenvalue weighted by atomic mass is 15.3. The number of amidine groups is 1. The average molecular weight is 314 g/mol. The van der Waals surface area contributed by atoms with E-state index in [-0.39, 0.29) is 6.17 Å². The molecule has 0 aliphatic carbocycles. The smallest absolute Gasteiger partial charge is 0.134 e. The maximum atomic E-state index is 4.83. The predicted molar refractivity (Wildman–Crippen MR) is 97.3 cm³/mol. The number of hydrogen-bond acceptors (Lipinski definition) is 4. The van der Waals surface area contributed by atoms with Gasteiger partial charge in [-0.15, -0.1) is 0 Å². The summed E-state index contributed by atoms with van der Waals surface area (Å²) in [6.07, 6.45) is 3.02. The molecule has 0 saturated heterocycles. The van der Waals surface area contributed by atoms with E-state index in [2.05, 4.69) is 63.7 Å². The Morgan fingerprint density at radius 1 is 1.00 bits per heavy atom. The number of aromatic nitrogens is 1. The van der Waals surface area contributed by atoms with Crippen LogP contribution in [0.3, 0.4) is 0 Å². The second kappa shape index (κ2) is 5.34. The van der Waals surface area contributed by atoms with E-state index < -0.39 is 0 Å². The van der Waals surface area contributed by atoms with Gasteiger partial charge in [-0.05, 0) is 24.6 Å². The number of hydrogen-bond donors (Lipinski definition) is 1. The van der Waals surface area contributed by atoms with Crippen molar-refractivity contribution in [3.05, 3.63) is 71.9 Å². The molecule has 24 heavy (non-hydrogen) atoms. The maximum absolute atomic E-state index is 4.83. The molecular weight excluding hydrogens is 296 g/mol. The number of nitrogens with zero attached hydrogens (tertiary/aromatic N) is 3. The molecule has 0 bridgehead atoms. The van der Waals surface area contributed by atoms with Crippen LogP contribution in [0, 0.1) is 0 Å². The van der Waals surface area contributed by atoms with E-state index in [1.165, 1.54) is 16.5 Å². The van der Waals surface area contributed by atoms with Crippen molar-refractivity contribution in [2.24, 2.45) is 4.99 Å². The normalized spacial score (nSPS) is 19.2. The zero-order valence-electron chi connectivity index (χ0n) is 13.3. The molecule has 118 valence electrons. The van der Waals surface area contributed by atoms with E-state index >= 15 is 0 Å². The summed E-state index contributed by atoms with van der Waals surface area (Å²) in [6.45, 7) is 1.91. The van der Waals surface area contributed by atoms with Crippen LogP contribution in [0.5, 0.6) is 0 Å². The third kappa shape index (κ3) is 1.99. The van der Waals surface area contributed by atoms with E-state index in [4.69, 9.17) is 4.99 Å². The maximum Gasteiger partial charge on any atom is 0.134 e. The molecule has 2 aromatic carbocycles. The molecular formula is C20H18N4. The average Bonchev–Trinajstić information content (AvgIpc) is 2.67. The van der Waals surface area contributed by atoms with Crippen LogP contribution in [0.15, 0.2) is 65.8 Å². The van der Waals surface area contributed by atoms with Gasteiger partial charge in [0.2, 0.25) is 0 Å². The third-order valence-corrected chi connectivity index (χ3v) is 4.82. The van der Waals surface area contributed by atoms with Crippen LogP contribution in [0.4, 0.5) is 5.69 Å². The number of benzene rings is 2. The van der Waals surface area contributed by atoms with Crippen LogP contribution in [-0.4, -0.2) is 28.8 Å². The first-order chi connectivity index (χ1) is 11.9. The van der Waals surface area contributed by atoms with Crippen molar-refractivity contribution in [3.8, 4) is 0 Å². The molecule has 1 atom stereocenters. The van der Waals surface area contributed by atoms with Gasteiger partial charge in [-0.3, -0.25) is 9.98 Å². The quantitative estimate of drug-likeness (QED) is 0.742. The Hall–Kier alpha value is -2.88. The lowest BCUT2D eigenvalue weighted by atomic mass is 10.00. The predicted octanol–water partition coefficient (Wildman–Crippen LogP) is 3.81. The monoisotopic (exact) mass is 314 g/mol. The van der Waals surface area contributed by atoms with Crippen molar-refractivity contribution < 1.29 is 0 Å². The highest BCUT2D eigenvalue weighted by Crippen LogP contribution is 2.36. The van der Waals surface area contributed by atoms with Crippen molar-refractivity contribution in [1.29, 1.82) is 0 Å². The van der Waals surface area contributed by atoms with Crippen LogP contribution in [-0.2, 0) is 0 Å². The summed E-state index contributed by atoms with van der Waals surface area (Å²) >= 11 is 0. The highest BCUT2D eigenvalue weighted by molar-refractivity contribution is 6.06. The van der Waals surface area contributed by atoms with Gasteiger partial charge in [-0.2, -0.15) is 0 Å². The molecule has 4 heteroatoms. The molecule has 0 radical (unpaired) electrons. The fraction of sp³-hybridized carbons (Fsp3) is 0.200. The summed E-state index contributed by atoms with van der Waals surface area (Å²) in [4.78, 5) is 11.9. The van der Waals surface area contributed by atoms with Gasteiger partial charge in [-0.1, -0.05) is 36.4 Å². The Morgan fingerprint density at radius 3 is 2.92 bits per heavy atom. The topological polar surface area (TPSA) is 40.5 Å². The van der Waals surface area contributed by atoms with E-state index in [0.717, 1.165) is 36.6 Å². The molecule has 0 unspecified atom stereocenters. The number of fused-ring (bicyclic) bond motifs is 4. The Labute approximate surface area is 140 Å². The number of anilines is 1. The van der Waals surface area contributed by atoms with E-state index in [1.807, 2.05) is 12.3 Å². The summed E-state index contributed by atoms with van der Waals surface area (Å²) in [5, 5.41) is 4.88. The molecule has 2 aliphatic heterocycles. The van der Waals surface area contributed by atoms with Gasteiger partial charge in [0.25, 0.3) is 0 Å². The largest absolute Gasteiger partial charge is 0.361 e. The minimum absolute atomic E-state index is 0.0672. The summed E-state index contributed by atoms with van der Waals surface area (Å²) in [5.41, 5.74) is 4.60. The molecule has 5 rings (SSSR count). The molecule has 2 aliphatic rings. The van der Waals surface area contributed by atoms with E-state index in [9.17, 15) is 0 Å². The third-order valence-electron chi connectivity index (χ3n) is 4.82. The summed E-state index contributed by atoms with van der Waals surface area (Å²) in [6, 6.07) is 19.0. The van der Waals surface area contributed by atoms with Gasteiger partial charge in [0.1, 0.15) is 12.0 Å². The van der Waals surface area contributed by atoms with Crippen molar-refractivity contribution in [1.82, 2.24) is 9.88 Å². The summed E-state index contributed by atoms with van der Waals surface area (Å²) in [5.74, 6) is 1.11. The van der Waals surface area contributed by atoms with Gasteiger partial charge < -0.3 is 10.2 Å². The van der Waals surface area contributed by atoms with E-state index in [0.29, 0.717) is 0 Å². The van der Waals surface area contributed by atoms with Gasteiger partial charge >= 0.3 is 0 Å². The Bertz CT molecular complexity index is 942. The lowest BCUT2D eigenvalue weighted by molar-refractivity contribution is 0.324. The number of rotatable bonds is 1. The summed E-state index contributed by atoms with van der Waals surface area (Å²) in [7, 11) is 0. The Balaban J connectivity index is 1.71. The molecule has 0 fully saturated rings. The molecule has 3 aromatic rings. The summed E-state index contributed by atoms with van der Waals surface area (Å²) < 4.78 is 0. The van der Waals surface area contributed by atoms with Crippen LogP contribution < -0.4 is 5.32 Å². The SMILES string of the molecule is c1ccc2c(c1)N[C@H](c1cccc3cccnc13)N1CCCN=C21. The Morgan fingerprint density at radius 2 is 1.92 bits per heavy atom. The van der Waals surface area contributed by atoms with Crippen LogP contribution >= 0.6 is 0 Å². The van der Waals surface area contributed by atoms with Crippen molar-refractivity contribution in [3.63, 3.8) is 0 Å². The number of pyridine rings is 1. The molecule has 0 saturated carbocycles. The molecule has 4 nitrogen and oxygen atoms in total. The van der Waals surface area contributed by atoms with Crippen LogP contribution in [0.2, 0.25) is 0 Å². The second-order valence-corrected chi connectivity index (χ2v) is 6.27. The zero-order valence-corrected chi connectivity index (χ0v) is 13.3. The van der Waals surface area contributed by atoms with Gasteiger partial charge in [0.15, 0.2) is 0 Å². The molecule has 1 N–H and O–H groups in total. The number of para-hydroxylation sites is 2. The lowest BCUT2D eigenvalue weighted by Gasteiger charge is -2.42. The van der Waals surface area contributed by atoms with Crippen LogP contribution in [0.1, 0.15) is 23.7 Å².